The SMILES string of the molecule is CCCCC1=CC(C)C=C1C. The van der Waals surface area contributed by atoms with E-state index in [9.17, 15) is 0 Å². The number of rotatable bonds is 3. The van der Waals surface area contributed by atoms with Crippen molar-refractivity contribution in [3.8, 4) is 0 Å². The van der Waals surface area contributed by atoms with E-state index in [0.29, 0.717) is 5.92 Å². The smallest absolute Gasteiger partial charge is 0.00702 e. The lowest BCUT2D eigenvalue weighted by molar-refractivity contribution is 0.790. The van der Waals surface area contributed by atoms with Gasteiger partial charge >= 0.3 is 0 Å². The molecule has 0 aliphatic heterocycles. The molecule has 62 valence electrons. The van der Waals surface area contributed by atoms with Crippen LogP contribution in [-0.4, -0.2) is 0 Å². The Kier molecular flexibility index (Phi) is 2.92. The second-order valence-electron chi connectivity index (χ2n) is 3.50. The van der Waals surface area contributed by atoms with Gasteiger partial charge in [-0.2, -0.15) is 0 Å². The minimum Gasteiger partial charge on any atom is -0.0747 e. The second kappa shape index (κ2) is 3.75. The molecule has 0 saturated carbocycles. The zero-order valence-corrected chi connectivity index (χ0v) is 7.85. The van der Waals surface area contributed by atoms with Crippen LogP contribution in [0.4, 0.5) is 0 Å². The maximum atomic E-state index is 2.39. The lowest BCUT2D eigenvalue weighted by Gasteiger charge is -2.00. The highest BCUT2D eigenvalue weighted by Gasteiger charge is 2.09. The van der Waals surface area contributed by atoms with E-state index in [1.165, 1.54) is 24.8 Å². The standard InChI is InChI=1S/C11H18/c1-4-5-6-11-8-9(2)7-10(11)3/h7-9H,4-6H2,1-3H3. The summed E-state index contributed by atoms with van der Waals surface area (Å²) in [7, 11) is 0. The van der Waals surface area contributed by atoms with Gasteiger partial charge in [0.2, 0.25) is 0 Å². The third kappa shape index (κ3) is 2.21. The molecule has 0 heterocycles. The molecule has 0 aromatic rings. The molecule has 0 heteroatoms. The summed E-state index contributed by atoms with van der Waals surface area (Å²) in [6.07, 6.45) is 8.67. The Morgan fingerprint density at radius 3 is 2.55 bits per heavy atom. The first kappa shape index (κ1) is 8.58. The van der Waals surface area contributed by atoms with E-state index in [4.69, 9.17) is 0 Å². The summed E-state index contributed by atoms with van der Waals surface area (Å²) in [5.74, 6) is 0.682. The molecule has 0 aromatic heterocycles. The molecule has 1 aliphatic rings. The van der Waals surface area contributed by atoms with Crippen LogP contribution in [0.2, 0.25) is 0 Å². The molecule has 1 atom stereocenters. The van der Waals surface area contributed by atoms with Crippen LogP contribution in [0.15, 0.2) is 23.3 Å². The van der Waals surface area contributed by atoms with Crippen molar-refractivity contribution in [1.82, 2.24) is 0 Å². The van der Waals surface area contributed by atoms with Gasteiger partial charge in [0, 0.05) is 0 Å². The van der Waals surface area contributed by atoms with E-state index in [1.807, 2.05) is 0 Å². The van der Waals surface area contributed by atoms with Crippen molar-refractivity contribution in [3.63, 3.8) is 0 Å². The lowest BCUT2D eigenvalue weighted by atomic mass is 10.1. The molecule has 1 aliphatic carbocycles. The van der Waals surface area contributed by atoms with Crippen LogP contribution >= 0.6 is 0 Å². The summed E-state index contributed by atoms with van der Waals surface area (Å²) < 4.78 is 0. The predicted molar refractivity (Wildman–Crippen MR) is 50.5 cm³/mol. The van der Waals surface area contributed by atoms with Gasteiger partial charge in [0.05, 0.1) is 0 Å². The van der Waals surface area contributed by atoms with Gasteiger partial charge in [-0.3, -0.25) is 0 Å². The number of unbranched alkanes of at least 4 members (excludes halogenated alkanes) is 1. The Hall–Kier alpha value is -0.520. The Bertz CT molecular complexity index is 184. The van der Waals surface area contributed by atoms with Gasteiger partial charge in [0.15, 0.2) is 0 Å². The van der Waals surface area contributed by atoms with Crippen LogP contribution < -0.4 is 0 Å². The Labute approximate surface area is 70.0 Å². The minimum atomic E-state index is 0.682. The van der Waals surface area contributed by atoms with Crippen LogP contribution in [0.3, 0.4) is 0 Å². The molecule has 11 heavy (non-hydrogen) atoms. The van der Waals surface area contributed by atoms with Crippen molar-refractivity contribution in [3.05, 3.63) is 23.3 Å². The summed E-state index contributed by atoms with van der Waals surface area (Å²) in [6, 6.07) is 0. The molecule has 0 aromatic carbocycles. The topological polar surface area (TPSA) is 0 Å². The van der Waals surface area contributed by atoms with Gasteiger partial charge < -0.3 is 0 Å². The fraction of sp³-hybridized carbons (Fsp3) is 0.636. The van der Waals surface area contributed by atoms with Crippen LogP contribution in [0.25, 0.3) is 0 Å². The first-order valence-corrected chi connectivity index (χ1v) is 4.63. The molecule has 0 radical (unpaired) electrons. The van der Waals surface area contributed by atoms with E-state index in [-0.39, 0.29) is 0 Å². The fourth-order valence-electron chi connectivity index (χ4n) is 1.65. The quantitative estimate of drug-likeness (QED) is 0.575. The first-order valence-electron chi connectivity index (χ1n) is 4.63. The van der Waals surface area contributed by atoms with Crippen LogP contribution in [0, 0.1) is 5.92 Å². The third-order valence-electron chi connectivity index (χ3n) is 2.28. The zero-order valence-electron chi connectivity index (χ0n) is 7.85. The van der Waals surface area contributed by atoms with Gasteiger partial charge in [0.25, 0.3) is 0 Å². The largest absolute Gasteiger partial charge is 0.0747 e. The van der Waals surface area contributed by atoms with Crippen molar-refractivity contribution in [2.75, 3.05) is 0 Å². The van der Waals surface area contributed by atoms with Crippen molar-refractivity contribution in [1.29, 1.82) is 0 Å². The van der Waals surface area contributed by atoms with Gasteiger partial charge in [0.1, 0.15) is 0 Å². The van der Waals surface area contributed by atoms with Crippen LogP contribution in [0.1, 0.15) is 40.0 Å². The third-order valence-corrected chi connectivity index (χ3v) is 2.28. The normalized spacial score (nSPS) is 23.4. The van der Waals surface area contributed by atoms with Crippen LogP contribution in [-0.2, 0) is 0 Å². The van der Waals surface area contributed by atoms with E-state index in [0.717, 1.165) is 0 Å². The van der Waals surface area contributed by atoms with Gasteiger partial charge in [-0.1, -0.05) is 38.0 Å². The Balaban J connectivity index is 2.46. The zero-order chi connectivity index (χ0) is 8.27. The van der Waals surface area contributed by atoms with E-state index in [2.05, 4.69) is 32.9 Å². The predicted octanol–water partition coefficient (Wildman–Crippen LogP) is 3.70. The molecule has 0 fully saturated rings. The van der Waals surface area contributed by atoms with Crippen LogP contribution in [0.5, 0.6) is 0 Å². The van der Waals surface area contributed by atoms with E-state index in [1.54, 1.807) is 5.57 Å². The molecule has 1 rings (SSSR count). The summed E-state index contributed by atoms with van der Waals surface area (Å²) >= 11 is 0. The summed E-state index contributed by atoms with van der Waals surface area (Å²) in [5, 5.41) is 0. The maximum Gasteiger partial charge on any atom is -0.00702 e. The Morgan fingerprint density at radius 1 is 1.36 bits per heavy atom. The van der Waals surface area contributed by atoms with Crippen molar-refractivity contribution >= 4 is 0 Å². The molecule has 0 saturated heterocycles. The molecule has 0 spiro atoms. The summed E-state index contributed by atoms with van der Waals surface area (Å²) in [6.45, 7) is 6.73. The van der Waals surface area contributed by atoms with E-state index < -0.39 is 0 Å². The van der Waals surface area contributed by atoms with Gasteiger partial charge in [-0.15, -0.1) is 0 Å². The van der Waals surface area contributed by atoms with Gasteiger partial charge in [-0.05, 0) is 31.3 Å². The first-order chi connectivity index (χ1) is 5.24. The molecule has 0 amide bonds. The summed E-state index contributed by atoms with van der Waals surface area (Å²) in [4.78, 5) is 0. The Morgan fingerprint density at radius 2 is 2.09 bits per heavy atom. The van der Waals surface area contributed by atoms with Gasteiger partial charge in [-0.25, -0.2) is 0 Å². The van der Waals surface area contributed by atoms with Crippen molar-refractivity contribution < 1.29 is 0 Å². The maximum absolute atomic E-state index is 2.39. The number of allylic oxidation sites excluding steroid dienone is 4. The molecule has 0 nitrogen and oxygen atoms in total. The highest BCUT2D eigenvalue weighted by atomic mass is 14.1. The highest BCUT2D eigenvalue weighted by molar-refractivity contribution is 5.36. The average molecular weight is 150 g/mol. The molecule has 1 unspecified atom stereocenters. The van der Waals surface area contributed by atoms with Crippen molar-refractivity contribution in [2.24, 2.45) is 5.92 Å². The average Bonchev–Trinajstić information content (AvgIpc) is 2.26. The molecule has 0 N–H and O–H groups in total. The second-order valence-corrected chi connectivity index (χ2v) is 3.50. The number of hydrogen-bond acceptors (Lipinski definition) is 0. The number of hydrogen-bond donors (Lipinski definition) is 0. The lowest BCUT2D eigenvalue weighted by Crippen LogP contribution is -1.81. The molecule has 0 bridgehead atoms. The van der Waals surface area contributed by atoms with E-state index >= 15 is 0 Å². The molecular weight excluding hydrogens is 132 g/mol. The molecular formula is C11H18. The summed E-state index contributed by atoms with van der Waals surface area (Å²) in [5.41, 5.74) is 3.09. The highest BCUT2D eigenvalue weighted by Crippen LogP contribution is 2.26. The minimum absolute atomic E-state index is 0.682. The van der Waals surface area contributed by atoms with Crippen molar-refractivity contribution in [2.45, 2.75) is 40.0 Å². The monoisotopic (exact) mass is 150 g/mol. The fourth-order valence-corrected chi connectivity index (χ4v) is 1.65.